The Morgan fingerprint density at radius 3 is 2.02 bits per heavy atom. The van der Waals surface area contributed by atoms with Gasteiger partial charge in [0.25, 0.3) is 0 Å². The summed E-state index contributed by atoms with van der Waals surface area (Å²) in [6, 6.07) is 50.7. The van der Waals surface area contributed by atoms with Gasteiger partial charge in [0.05, 0.1) is 16.4 Å². The molecule has 4 nitrogen and oxygen atoms in total. The van der Waals surface area contributed by atoms with E-state index in [0.29, 0.717) is 0 Å². The van der Waals surface area contributed by atoms with Crippen LogP contribution in [0, 0.1) is 0 Å². The first-order valence-corrected chi connectivity index (χ1v) is 15.1. The molecule has 0 unspecified atom stereocenters. The van der Waals surface area contributed by atoms with Gasteiger partial charge in [-0.3, -0.25) is 4.57 Å². The number of rotatable bonds is 3. The third-order valence-corrected chi connectivity index (χ3v) is 8.99. The molecule has 3 aromatic heterocycles. The fraction of sp³-hybridized carbons (Fsp3) is 0. The van der Waals surface area contributed by atoms with Crippen molar-refractivity contribution in [2.24, 2.45) is 0 Å². The van der Waals surface area contributed by atoms with Crippen molar-refractivity contribution in [2.45, 2.75) is 0 Å². The Morgan fingerprint density at radius 2 is 1.16 bits per heavy atom. The highest BCUT2D eigenvalue weighted by Crippen LogP contribution is 2.44. The molecular formula is C41H24N2O2. The molecule has 0 N–H and O–H groups in total. The molecule has 0 bridgehead atoms. The standard InChI is InChI=1S/C41H24N2O2/c1-2-10-27-23-28(18-17-25(27)9-1)41-42-34-13-5-6-14-35(34)43(41)29-21-19-26(20-22-29)32-24-33-30-11-3-7-15-36(30)44-40(33)38-31-12-4-8-16-37(31)45-39(32)38/h1-24H. The van der Waals surface area contributed by atoms with Gasteiger partial charge in [0.2, 0.25) is 0 Å². The van der Waals surface area contributed by atoms with Gasteiger partial charge in [0.1, 0.15) is 28.2 Å². The smallest absolute Gasteiger partial charge is 0.147 e. The Balaban J connectivity index is 1.19. The SMILES string of the molecule is c1ccc2cc(-c3nc4ccccc4n3-c3ccc(-c4cc5c6ccccc6oc5c5c4oc4ccccc45)cc3)ccc2c1. The number of benzene rings is 7. The van der Waals surface area contributed by atoms with Crippen LogP contribution in [0.1, 0.15) is 0 Å². The van der Waals surface area contributed by atoms with Gasteiger partial charge in [-0.15, -0.1) is 0 Å². The van der Waals surface area contributed by atoms with Gasteiger partial charge in [-0.2, -0.15) is 0 Å². The van der Waals surface area contributed by atoms with E-state index in [1.807, 2.05) is 30.3 Å². The molecule has 45 heavy (non-hydrogen) atoms. The maximum absolute atomic E-state index is 6.54. The fourth-order valence-electron chi connectivity index (χ4n) is 6.88. The van der Waals surface area contributed by atoms with Gasteiger partial charge < -0.3 is 8.83 Å². The molecule has 210 valence electrons. The van der Waals surface area contributed by atoms with Gasteiger partial charge in [-0.25, -0.2) is 4.98 Å². The Labute approximate surface area is 257 Å². The van der Waals surface area contributed by atoms with Crippen molar-refractivity contribution < 1.29 is 8.83 Å². The highest BCUT2D eigenvalue weighted by Gasteiger charge is 2.21. The first-order chi connectivity index (χ1) is 22.3. The zero-order valence-corrected chi connectivity index (χ0v) is 24.1. The largest absolute Gasteiger partial charge is 0.455 e. The van der Waals surface area contributed by atoms with Gasteiger partial charge in [0.15, 0.2) is 0 Å². The lowest BCUT2D eigenvalue weighted by atomic mass is 9.98. The van der Waals surface area contributed by atoms with Crippen molar-refractivity contribution >= 4 is 65.7 Å². The predicted molar refractivity (Wildman–Crippen MR) is 184 cm³/mol. The molecule has 4 heteroatoms. The molecule has 0 aliphatic heterocycles. The van der Waals surface area contributed by atoms with E-state index in [2.05, 4.69) is 120 Å². The molecule has 10 aromatic rings. The van der Waals surface area contributed by atoms with Crippen molar-refractivity contribution in [3.05, 3.63) is 146 Å². The average molecular weight is 577 g/mol. The molecule has 0 spiro atoms. The first kappa shape index (κ1) is 24.3. The number of nitrogens with zero attached hydrogens (tertiary/aromatic N) is 2. The normalized spacial score (nSPS) is 12.0. The minimum atomic E-state index is 0.834. The second kappa shape index (κ2) is 9.18. The van der Waals surface area contributed by atoms with Gasteiger partial charge >= 0.3 is 0 Å². The van der Waals surface area contributed by atoms with E-state index in [0.717, 1.165) is 83.1 Å². The minimum absolute atomic E-state index is 0.834. The molecule has 0 atom stereocenters. The van der Waals surface area contributed by atoms with Crippen molar-refractivity contribution in [1.29, 1.82) is 0 Å². The van der Waals surface area contributed by atoms with E-state index in [-0.39, 0.29) is 0 Å². The highest BCUT2D eigenvalue weighted by atomic mass is 16.3. The van der Waals surface area contributed by atoms with Crippen molar-refractivity contribution in [2.75, 3.05) is 0 Å². The van der Waals surface area contributed by atoms with Crippen LogP contribution in [-0.2, 0) is 0 Å². The van der Waals surface area contributed by atoms with Crippen molar-refractivity contribution in [1.82, 2.24) is 9.55 Å². The second-order valence-corrected chi connectivity index (χ2v) is 11.6. The summed E-state index contributed by atoms with van der Waals surface area (Å²) in [5.74, 6) is 0.917. The number of hydrogen-bond donors (Lipinski definition) is 0. The first-order valence-electron chi connectivity index (χ1n) is 15.1. The molecule has 0 radical (unpaired) electrons. The van der Waals surface area contributed by atoms with Gasteiger partial charge in [-0.05, 0) is 64.9 Å². The van der Waals surface area contributed by atoms with E-state index in [9.17, 15) is 0 Å². The maximum atomic E-state index is 6.54. The third kappa shape index (κ3) is 3.57. The predicted octanol–water partition coefficient (Wildman–Crippen LogP) is 11.3. The molecule has 0 aliphatic rings. The Morgan fingerprint density at radius 1 is 0.489 bits per heavy atom. The van der Waals surface area contributed by atoms with Crippen LogP contribution in [0.2, 0.25) is 0 Å². The molecular weight excluding hydrogens is 552 g/mol. The van der Waals surface area contributed by atoms with Crippen molar-refractivity contribution in [3.63, 3.8) is 0 Å². The average Bonchev–Trinajstić information content (AvgIpc) is 3.79. The lowest BCUT2D eigenvalue weighted by Crippen LogP contribution is -1.97. The monoisotopic (exact) mass is 576 g/mol. The topological polar surface area (TPSA) is 44.1 Å². The van der Waals surface area contributed by atoms with E-state index in [4.69, 9.17) is 13.8 Å². The quantitative estimate of drug-likeness (QED) is 0.210. The lowest BCUT2D eigenvalue weighted by Gasteiger charge is -2.12. The number of imidazole rings is 1. The van der Waals surface area contributed by atoms with Crippen LogP contribution in [-0.4, -0.2) is 9.55 Å². The van der Waals surface area contributed by atoms with E-state index >= 15 is 0 Å². The molecule has 7 aromatic carbocycles. The number of aromatic nitrogens is 2. The van der Waals surface area contributed by atoms with E-state index < -0.39 is 0 Å². The van der Waals surface area contributed by atoms with Gasteiger partial charge in [0, 0.05) is 33.0 Å². The lowest BCUT2D eigenvalue weighted by molar-refractivity contribution is 0.663. The molecule has 0 saturated carbocycles. The summed E-state index contributed by atoms with van der Waals surface area (Å²) < 4.78 is 15.2. The summed E-state index contributed by atoms with van der Waals surface area (Å²) >= 11 is 0. The van der Waals surface area contributed by atoms with Crippen LogP contribution >= 0.6 is 0 Å². The zero-order valence-electron chi connectivity index (χ0n) is 24.1. The summed E-state index contributed by atoms with van der Waals surface area (Å²) in [4.78, 5) is 5.11. The molecule has 0 aliphatic carbocycles. The molecule has 0 amide bonds. The van der Waals surface area contributed by atoms with E-state index in [1.165, 1.54) is 10.8 Å². The summed E-state index contributed by atoms with van der Waals surface area (Å²) in [7, 11) is 0. The van der Waals surface area contributed by atoms with Crippen LogP contribution < -0.4 is 0 Å². The number of hydrogen-bond acceptors (Lipinski definition) is 3. The Bertz CT molecular complexity index is 2760. The second-order valence-electron chi connectivity index (χ2n) is 11.6. The van der Waals surface area contributed by atoms with Crippen LogP contribution in [0.15, 0.2) is 154 Å². The maximum Gasteiger partial charge on any atom is 0.147 e. The number of furan rings is 2. The molecule has 0 fully saturated rings. The Hall–Kier alpha value is -6.13. The summed E-state index contributed by atoms with van der Waals surface area (Å²) in [6.45, 7) is 0. The zero-order chi connectivity index (χ0) is 29.5. The van der Waals surface area contributed by atoms with Crippen LogP contribution in [0.4, 0.5) is 0 Å². The van der Waals surface area contributed by atoms with Gasteiger partial charge in [-0.1, -0.05) is 97.1 Å². The van der Waals surface area contributed by atoms with Crippen molar-refractivity contribution in [3.8, 4) is 28.2 Å². The number of fused-ring (bicyclic) bond motifs is 9. The van der Waals surface area contributed by atoms with Crippen LogP contribution in [0.25, 0.3) is 93.9 Å². The Kier molecular flexibility index (Phi) is 4.96. The highest BCUT2D eigenvalue weighted by molar-refractivity contribution is 6.25. The fourth-order valence-corrected chi connectivity index (χ4v) is 6.88. The summed E-state index contributed by atoms with van der Waals surface area (Å²) in [5.41, 5.74) is 9.69. The van der Waals surface area contributed by atoms with Crippen LogP contribution in [0.3, 0.4) is 0 Å². The molecule has 3 heterocycles. The summed E-state index contributed by atoms with van der Waals surface area (Å²) in [5, 5.41) is 6.66. The third-order valence-electron chi connectivity index (χ3n) is 8.99. The van der Waals surface area contributed by atoms with E-state index in [1.54, 1.807) is 0 Å². The number of para-hydroxylation sites is 4. The molecule has 10 rings (SSSR count). The molecule has 0 saturated heterocycles. The minimum Gasteiger partial charge on any atom is -0.455 e. The van der Waals surface area contributed by atoms with Crippen LogP contribution in [0.5, 0.6) is 0 Å². The summed E-state index contributed by atoms with van der Waals surface area (Å²) in [6.07, 6.45) is 0.